The van der Waals surface area contributed by atoms with Crippen LogP contribution in [0.1, 0.15) is 13.8 Å². The minimum absolute atomic E-state index is 0.111. The molecule has 3 nitrogen and oxygen atoms in total. The normalized spacial score (nSPS) is 19.3. The molecule has 0 radical (unpaired) electrons. The first-order valence-electron chi connectivity index (χ1n) is 5.48. The summed E-state index contributed by atoms with van der Waals surface area (Å²) in [6.45, 7) is 3.85. The molecule has 1 amide bonds. The quantitative estimate of drug-likeness (QED) is 0.898. The molecule has 0 aliphatic carbocycles. The molecule has 1 aromatic carbocycles. The van der Waals surface area contributed by atoms with Crippen LogP contribution in [0.5, 0.6) is 0 Å². The Morgan fingerprint density at radius 2 is 2.11 bits per heavy atom. The topological polar surface area (TPSA) is 41.5 Å². The number of amidine groups is 1. The lowest BCUT2D eigenvalue weighted by Crippen LogP contribution is -2.17. The predicted octanol–water partition coefficient (Wildman–Crippen LogP) is 3.03. The number of aliphatic imine (C=N–C) groups is 1. The van der Waals surface area contributed by atoms with E-state index in [2.05, 4.69) is 10.3 Å². The summed E-state index contributed by atoms with van der Waals surface area (Å²) in [6.07, 6.45) is 0. The van der Waals surface area contributed by atoms with Gasteiger partial charge in [-0.3, -0.25) is 4.79 Å². The van der Waals surface area contributed by atoms with Crippen LogP contribution in [0.15, 0.2) is 23.2 Å². The second kappa shape index (κ2) is 5.06. The van der Waals surface area contributed by atoms with Gasteiger partial charge >= 0.3 is 0 Å². The largest absolute Gasteiger partial charge is 0.332 e. The van der Waals surface area contributed by atoms with Crippen LogP contribution in [-0.2, 0) is 4.79 Å². The first-order chi connectivity index (χ1) is 8.47. The number of nitrogens with one attached hydrogen (secondary N) is 1. The summed E-state index contributed by atoms with van der Waals surface area (Å²) in [7, 11) is 0. The number of halogens is 2. The average Bonchev–Trinajstić information content (AvgIpc) is 2.64. The fraction of sp³-hybridized carbons (Fsp3) is 0.333. The van der Waals surface area contributed by atoms with Crippen molar-refractivity contribution in [3.63, 3.8) is 0 Å². The number of carbonyl (C=O) groups is 1. The first kappa shape index (κ1) is 13.0. The van der Waals surface area contributed by atoms with Gasteiger partial charge in [-0.05, 0) is 18.1 Å². The number of hydrogen-bond acceptors (Lipinski definition) is 3. The third kappa shape index (κ3) is 2.69. The molecule has 1 heterocycles. The van der Waals surface area contributed by atoms with Gasteiger partial charge in [-0.1, -0.05) is 25.6 Å². The van der Waals surface area contributed by atoms with Crippen molar-refractivity contribution in [2.75, 3.05) is 5.32 Å². The van der Waals surface area contributed by atoms with E-state index in [1.165, 1.54) is 17.8 Å². The van der Waals surface area contributed by atoms with Crippen LogP contribution in [0.2, 0.25) is 0 Å². The molecular formula is C12H12F2N2OS. The summed E-state index contributed by atoms with van der Waals surface area (Å²) >= 11 is 1.26. The first-order valence-corrected chi connectivity index (χ1v) is 6.36. The summed E-state index contributed by atoms with van der Waals surface area (Å²) in [5, 5.41) is 2.81. The maximum absolute atomic E-state index is 13.4. The predicted molar refractivity (Wildman–Crippen MR) is 68.6 cm³/mol. The van der Waals surface area contributed by atoms with E-state index in [1.54, 1.807) is 0 Å². The zero-order valence-corrected chi connectivity index (χ0v) is 10.7. The van der Waals surface area contributed by atoms with E-state index in [1.807, 2.05) is 13.8 Å². The van der Waals surface area contributed by atoms with Crippen LogP contribution in [0.3, 0.4) is 0 Å². The van der Waals surface area contributed by atoms with Crippen molar-refractivity contribution < 1.29 is 13.6 Å². The van der Waals surface area contributed by atoms with Crippen molar-refractivity contribution in [3.05, 3.63) is 29.8 Å². The number of amides is 1. The molecule has 0 bridgehead atoms. The SMILES string of the molecule is CC(C)C1SC(Nc2ccc(F)cc2F)=NC1=O. The summed E-state index contributed by atoms with van der Waals surface area (Å²) in [6, 6.07) is 3.21. The van der Waals surface area contributed by atoms with Crippen molar-refractivity contribution in [2.24, 2.45) is 10.9 Å². The summed E-state index contributed by atoms with van der Waals surface area (Å²) in [5.41, 5.74) is 0.111. The molecule has 1 unspecified atom stereocenters. The molecule has 0 spiro atoms. The van der Waals surface area contributed by atoms with Crippen molar-refractivity contribution in [3.8, 4) is 0 Å². The maximum Gasteiger partial charge on any atom is 0.261 e. The molecule has 1 aliphatic rings. The van der Waals surface area contributed by atoms with Crippen LogP contribution < -0.4 is 5.32 Å². The van der Waals surface area contributed by atoms with Crippen LogP contribution in [0.25, 0.3) is 0 Å². The highest BCUT2D eigenvalue weighted by molar-refractivity contribution is 8.15. The molecule has 1 atom stereocenters. The second-order valence-electron chi connectivity index (χ2n) is 4.29. The Morgan fingerprint density at radius 3 is 2.67 bits per heavy atom. The zero-order valence-electron chi connectivity index (χ0n) is 9.91. The molecule has 1 aliphatic heterocycles. The van der Waals surface area contributed by atoms with Gasteiger partial charge in [-0.25, -0.2) is 8.78 Å². The van der Waals surface area contributed by atoms with E-state index in [-0.39, 0.29) is 22.8 Å². The lowest BCUT2D eigenvalue weighted by molar-refractivity contribution is -0.117. The highest BCUT2D eigenvalue weighted by Crippen LogP contribution is 2.29. The maximum atomic E-state index is 13.4. The van der Waals surface area contributed by atoms with E-state index in [0.29, 0.717) is 5.17 Å². The van der Waals surface area contributed by atoms with Crippen molar-refractivity contribution in [2.45, 2.75) is 19.1 Å². The fourth-order valence-electron chi connectivity index (χ4n) is 1.55. The minimum atomic E-state index is -0.709. The highest BCUT2D eigenvalue weighted by atomic mass is 32.2. The van der Waals surface area contributed by atoms with Gasteiger partial charge in [0, 0.05) is 6.07 Å². The van der Waals surface area contributed by atoms with Gasteiger partial charge in [0.05, 0.1) is 10.9 Å². The molecule has 0 saturated carbocycles. The summed E-state index contributed by atoms with van der Waals surface area (Å²) < 4.78 is 26.1. The molecule has 0 fully saturated rings. The number of anilines is 1. The number of benzene rings is 1. The Balaban J connectivity index is 2.12. The van der Waals surface area contributed by atoms with Gasteiger partial charge in [0.1, 0.15) is 11.6 Å². The molecule has 96 valence electrons. The van der Waals surface area contributed by atoms with Gasteiger partial charge < -0.3 is 5.32 Å². The molecular weight excluding hydrogens is 258 g/mol. The van der Waals surface area contributed by atoms with Crippen molar-refractivity contribution in [1.29, 1.82) is 0 Å². The van der Waals surface area contributed by atoms with Gasteiger partial charge in [0.25, 0.3) is 5.91 Å². The third-order valence-electron chi connectivity index (χ3n) is 2.47. The average molecular weight is 270 g/mol. The monoisotopic (exact) mass is 270 g/mol. The third-order valence-corrected chi connectivity index (χ3v) is 3.89. The molecule has 6 heteroatoms. The van der Waals surface area contributed by atoms with E-state index in [9.17, 15) is 13.6 Å². The van der Waals surface area contributed by atoms with E-state index in [0.717, 1.165) is 12.1 Å². The van der Waals surface area contributed by atoms with Crippen LogP contribution in [0.4, 0.5) is 14.5 Å². The Morgan fingerprint density at radius 1 is 1.39 bits per heavy atom. The van der Waals surface area contributed by atoms with Crippen molar-refractivity contribution in [1.82, 2.24) is 0 Å². The lowest BCUT2D eigenvalue weighted by Gasteiger charge is -2.11. The molecule has 0 aromatic heterocycles. The molecule has 1 N–H and O–H groups in total. The van der Waals surface area contributed by atoms with Gasteiger partial charge in [0.2, 0.25) is 0 Å². The summed E-state index contributed by atoms with van der Waals surface area (Å²) in [4.78, 5) is 15.4. The number of carbonyl (C=O) groups excluding carboxylic acids is 1. The van der Waals surface area contributed by atoms with Gasteiger partial charge in [-0.2, -0.15) is 4.99 Å². The Hall–Kier alpha value is -1.43. The molecule has 2 rings (SSSR count). The Bertz CT molecular complexity index is 517. The lowest BCUT2D eigenvalue weighted by atomic mass is 10.1. The summed E-state index contributed by atoms with van der Waals surface area (Å²) in [5.74, 6) is -1.42. The van der Waals surface area contributed by atoms with Crippen LogP contribution >= 0.6 is 11.8 Å². The van der Waals surface area contributed by atoms with Gasteiger partial charge in [0.15, 0.2) is 5.17 Å². The van der Waals surface area contributed by atoms with Crippen LogP contribution in [0, 0.1) is 17.6 Å². The highest BCUT2D eigenvalue weighted by Gasteiger charge is 2.31. The van der Waals surface area contributed by atoms with Crippen molar-refractivity contribution >= 4 is 28.5 Å². The number of rotatable bonds is 2. The van der Waals surface area contributed by atoms with E-state index in [4.69, 9.17) is 0 Å². The second-order valence-corrected chi connectivity index (χ2v) is 5.42. The minimum Gasteiger partial charge on any atom is -0.332 e. The van der Waals surface area contributed by atoms with Crippen LogP contribution in [-0.4, -0.2) is 16.3 Å². The molecule has 1 aromatic rings. The zero-order chi connectivity index (χ0) is 13.3. The van der Waals surface area contributed by atoms with E-state index < -0.39 is 11.6 Å². The smallest absolute Gasteiger partial charge is 0.261 e. The number of thioether (sulfide) groups is 1. The molecule has 18 heavy (non-hydrogen) atoms. The van der Waals surface area contributed by atoms with Gasteiger partial charge in [-0.15, -0.1) is 0 Å². The Labute approximate surface area is 108 Å². The molecule has 0 saturated heterocycles. The number of nitrogens with zero attached hydrogens (tertiary/aromatic N) is 1. The van der Waals surface area contributed by atoms with E-state index >= 15 is 0 Å². The Kier molecular flexibility index (Phi) is 3.65. The number of hydrogen-bond donors (Lipinski definition) is 1. The fourth-order valence-corrected chi connectivity index (χ4v) is 2.52. The standard InChI is InChI=1S/C12H12F2N2OS/c1-6(2)10-11(17)16-12(18-10)15-9-4-3-7(13)5-8(9)14/h3-6,10H,1-2H3,(H,15,16,17).